The molecule has 30 heavy (non-hydrogen) atoms. The molecule has 1 aromatic heterocycles. The Morgan fingerprint density at radius 3 is 2.40 bits per heavy atom. The summed E-state index contributed by atoms with van der Waals surface area (Å²) in [6.45, 7) is 7.00. The van der Waals surface area contributed by atoms with Crippen LogP contribution in [0.15, 0.2) is 33.7 Å². The van der Waals surface area contributed by atoms with Crippen LogP contribution in [0.5, 0.6) is 0 Å². The largest absolute Gasteiger partial charge is 0.456 e. The number of rotatable bonds is 7. The van der Waals surface area contributed by atoms with E-state index in [2.05, 4.69) is 10.1 Å². The number of carbonyl (C=O) groups is 1. The second kappa shape index (κ2) is 9.26. The molecule has 2 aromatic rings. The minimum absolute atomic E-state index is 0.0606. The minimum atomic E-state index is -3.44. The van der Waals surface area contributed by atoms with Crippen molar-refractivity contribution in [3.05, 3.63) is 41.5 Å². The molecule has 0 saturated carbocycles. The highest BCUT2D eigenvalue weighted by Crippen LogP contribution is 2.21. The standard InChI is InChI=1S/C21H29N3O5S/c1-21(2,3)20-22-18(29-23-20)15-28-19(25)12-9-16-7-10-17(11-8-16)30(26,27)24-13-5-4-6-14-24/h7-8,10-11H,4-6,9,12-15H2,1-3H3. The van der Waals surface area contributed by atoms with Crippen molar-refractivity contribution in [1.82, 2.24) is 14.4 Å². The van der Waals surface area contributed by atoms with Gasteiger partial charge in [0.2, 0.25) is 10.0 Å². The van der Waals surface area contributed by atoms with Crippen LogP contribution in [-0.4, -0.2) is 41.9 Å². The Hall–Kier alpha value is -2.26. The number of piperidine rings is 1. The molecule has 0 amide bonds. The molecule has 1 aliphatic heterocycles. The Bertz CT molecular complexity index is 955. The van der Waals surface area contributed by atoms with E-state index >= 15 is 0 Å². The van der Waals surface area contributed by atoms with E-state index in [0.717, 1.165) is 24.8 Å². The molecule has 0 unspecified atom stereocenters. The minimum Gasteiger partial charge on any atom is -0.456 e. The molecule has 1 saturated heterocycles. The van der Waals surface area contributed by atoms with E-state index < -0.39 is 10.0 Å². The number of esters is 1. The zero-order chi connectivity index (χ0) is 21.8. The maximum Gasteiger partial charge on any atom is 0.306 e. The molecular weight excluding hydrogens is 406 g/mol. The molecule has 0 bridgehead atoms. The van der Waals surface area contributed by atoms with Gasteiger partial charge in [-0.25, -0.2) is 8.42 Å². The monoisotopic (exact) mass is 435 g/mol. The molecule has 0 radical (unpaired) electrons. The fourth-order valence-electron chi connectivity index (χ4n) is 3.16. The van der Waals surface area contributed by atoms with E-state index in [9.17, 15) is 13.2 Å². The Kier molecular flexibility index (Phi) is 6.92. The van der Waals surface area contributed by atoms with Gasteiger partial charge in [0.15, 0.2) is 12.4 Å². The van der Waals surface area contributed by atoms with Crippen LogP contribution in [0, 0.1) is 0 Å². The fourth-order valence-corrected chi connectivity index (χ4v) is 4.68. The third-order valence-corrected chi connectivity index (χ3v) is 6.90. The number of carbonyl (C=O) groups excluding carboxylic acids is 1. The lowest BCUT2D eigenvalue weighted by Gasteiger charge is -2.25. The maximum absolute atomic E-state index is 12.7. The lowest BCUT2D eigenvalue weighted by atomic mass is 9.96. The van der Waals surface area contributed by atoms with Crippen LogP contribution in [0.1, 0.15) is 63.7 Å². The lowest BCUT2D eigenvalue weighted by molar-refractivity contribution is -0.145. The number of hydrogen-bond acceptors (Lipinski definition) is 7. The van der Waals surface area contributed by atoms with E-state index in [0.29, 0.717) is 30.2 Å². The molecular formula is C21H29N3O5S. The van der Waals surface area contributed by atoms with Gasteiger partial charge >= 0.3 is 5.97 Å². The summed E-state index contributed by atoms with van der Waals surface area (Å²) in [5.74, 6) is 0.448. The van der Waals surface area contributed by atoms with Crippen molar-refractivity contribution >= 4 is 16.0 Å². The van der Waals surface area contributed by atoms with Crippen LogP contribution in [0.4, 0.5) is 0 Å². The Balaban J connectivity index is 1.48. The molecule has 1 aromatic carbocycles. The van der Waals surface area contributed by atoms with Crippen molar-refractivity contribution in [1.29, 1.82) is 0 Å². The quantitative estimate of drug-likeness (QED) is 0.615. The number of benzene rings is 1. The van der Waals surface area contributed by atoms with Gasteiger partial charge in [-0.05, 0) is 37.0 Å². The number of aryl methyl sites for hydroxylation is 1. The van der Waals surface area contributed by atoms with Gasteiger partial charge in [-0.15, -0.1) is 0 Å². The van der Waals surface area contributed by atoms with Gasteiger partial charge in [0.05, 0.1) is 4.90 Å². The van der Waals surface area contributed by atoms with E-state index in [1.165, 1.54) is 0 Å². The number of hydrogen-bond donors (Lipinski definition) is 0. The summed E-state index contributed by atoms with van der Waals surface area (Å²) < 4.78 is 37.2. The Morgan fingerprint density at radius 2 is 1.80 bits per heavy atom. The first-order chi connectivity index (χ1) is 14.2. The van der Waals surface area contributed by atoms with Crippen molar-refractivity contribution in [3.63, 3.8) is 0 Å². The summed E-state index contributed by atoms with van der Waals surface area (Å²) in [5.41, 5.74) is 0.636. The molecule has 0 spiro atoms. The molecule has 2 heterocycles. The Morgan fingerprint density at radius 1 is 1.13 bits per heavy atom. The summed E-state index contributed by atoms with van der Waals surface area (Å²) in [4.78, 5) is 16.5. The van der Waals surface area contributed by atoms with Crippen LogP contribution >= 0.6 is 0 Å². The highest BCUT2D eigenvalue weighted by Gasteiger charge is 2.25. The summed E-state index contributed by atoms with van der Waals surface area (Å²) >= 11 is 0. The van der Waals surface area contributed by atoms with E-state index in [1.807, 2.05) is 20.8 Å². The number of ether oxygens (including phenoxy) is 1. The van der Waals surface area contributed by atoms with Crippen LogP contribution in [-0.2, 0) is 38.0 Å². The summed E-state index contributed by atoms with van der Waals surface area (Å²) in [5, 5.41) is 3.89. The first-order valence-corrected chi connectivity index (χ1v) is 11.7. The van der Waals surface area contributed by atoms with Crippen molar-refractivity contribution in [3.8, 4) is 0 Å². The molecule has 0 atom stereocenters. The zero-order valence-corrected chi connectivity index (χ0v) is 18.6. The lowest BCUT2D eigenvalue weighted by Crippen LogP contribution is -2.35. The van der Waals surface area contributed by atoms with Gasteiger partial charge in [0, 0.05) is 24.9 Å². The molecule has 1 aliphatic rings. The summed E-state index contributed by atoms with van der Waals surface area (Å²) in [6.07, 6.45) is 3.52. The van der Waals surface area contributed by atoms with Gasteiger partial charge < -0.3 is 9.26 Å². The molecule has 164 valence electrons. The number of nitrogens with zero attached hydrogens (tertiary/aromatic N) is 3. The van der Waals surface area contributed by atoms with Gasteiger partial charge in [-0.2, -0.15) is 9.29 Å². The number of aromatic nitrogens is 2. The molecule has 0 N–H and O–H groups in total. The predicted octanol–water partition coefficient (Wildman–Crippen LogP) is 3.22. The highest BCUT2D eigenvalue weighted by atomic mass is 32.2. The normalized spacial score (nSPS) is 15.8. The van der Waals surface area contributed by atoms with Crippen molar-refractivity contribution in [2.75, 3.05) is 13.1 Å². The van der Waals surface area contributed by atoms with Crippen molar-refractivity contribution < 1.29 is 22.5 Å². The van der Waals surface area contributed by atoms with Gasteiger partial charge in [0.1, 0.15) is 0 Å². The van der Waals surface area contributed by atoms with Crippen LogP contribution in [0.2, 0.25) is 0 Å². The van der Waals surface area contributed by atoms with Crippen molar-refractivity contribution in [2.24, 2.45) is 0 Å². The smallest absolute Gasteiger partial charge is 0.306 e. The molecule has 8 nitrogen and oxygen atoms in total. The zero-order valence-electron chi connectivity index (χ0n) is 17.8. The second-order valence-corrected chi connectivity index (χ2v) is 10.5. The molecule has 1 fully saturated rings. The van der Waals surface area contributed by atoms with Crippen LogP contribution in [0.25, 0.3) is 0 Å². The van der Waals surface area contributed by atoms with Crippen LogP contribution < -0.4 is 0 Å². The highest BCUT2D eigenvalue weighted by molar-refractivity contribution is 7.89. The van der Waals surface area contributed by atoms with Crippen molar-refractivity contribution in [2.45, 2.75) is 69.8 Å². The van der Waals surface area contributed by atoms with E-state index in [1.54, 1.807) is 28.6 Å². The Labute approximate surface area is 177 Å². The van der Waals surface area contributed by atoms with Crippen LogP contribution in [0.3, 0.4) is 0 Å². The average molecular weight is 436 g/mol. The average Bonchev–Trinajstić information content (AvgIpc) is 3.21. The first kappa shape index (κ1) is 22.4. The van der Waals surface area contributed by atoms with Gasteiger partial charge in [-0.3, -0.25) is 4.79 Å². The predicted molar refractivity (Wildman–Crippen MR) is 110 cm³/mol. The topological polar surface area (TPSA) is 103 Å². The molecule has 0 aliphatic carbocycles. The second-order valence-electron chi connectivity index (χ2n) is 8.53. The fraction of sp³-hybridized carbons (Fsp3) is 0.571. The van der Waals surface area contributed by atoms with E-state index in [-0.39, 0.29) is 30.3 Å². The summed E-state index contributed by atoms with van der Waals surface area (Å²) in [6, 6.07) is 6.71. The molecule has 9 heteroatoms. The maximum atomic E-state index is 12.7. The van der Waals surface area contributed by atoms with E-state index in [4.69, 9.17) is 9.26 Å². The third-order valence-electron chi connectivity index (χ3n) is 4.99. The first-order valence-electron chi connectivity index (χ1n) is 10.2. The molecule has 3 rings (SSSR count). The van der Waals surface area contributed by atoms with Gasteiger partial charge in [-0.1, -0.05) is 44.5 Å². The third kappa shape index (κ3) is 5.66. The SMILES string of the molecule is CC(C)(C)c1noc(COC(=O)CCc2ccc(S(=O)(=O)N3CCCCC3)cc2)n1. The van der Waals surface area contributed by atoms with Gasteiger partial charge in [0.25, 0.3) is 5.89 Å². The number of sulfonamides is 1. The summed E-state index contributed by atoms with van der Waals surface area (Å²) in [7, 11) is -3.44.